The first kappa shape index (κ1) is 71.9. The van der Waals surface area contributed by atoms with Crippen molar-refractivity contribution in [2.24, 2.45) is 0 Å². The van der Waals surface area contributed by atoms with Crippen molar-refractivity contribution >= 4 is 17.9 Å². The van der Waals surface area contributed by atoms with Crippen LogP contribution in [-0.4, -0.2) is 37.2 Å². The Hall–Kier alpha value is -2.11. The number of allylic oxidation sites excluding steroid dienone is 4. The molecule has 0 amide bonds. The zero-order valence-electron chi connectivity index (χ0n) is 50.1. The molecule has 436 valence electrons. The standard InChI is InChI=1S/C68H128O6/c1-4-7-10-13-16-19-22-24-26-28-29-30-31-32-33-34-35-36-37-38-39-41-42-44-46-49-52-55-58-61-67(70)73-64-65(63-72-66(69)60-57-54-51-48-21-18-15-12-9-6-3)74-68(71)62-59-56-53-50-47-45-43-40-27-25-23-20-17-14-11-8-5-2/h22,24,28-29,65H,4-21,23,25-27,30-64H2,1-3H3/b24-22-,29-28-. The first-order valence-corrected chi connectivity index (χ1v) is 33.3. The highest BCUT2D eigenvalue weighted by molar-refractivity contribution is 5.71. The molecule has 0 aromatic carbocycles. The van der Waals surface area contributed by atoms with Crippen LogP contribution in [0.3, 0.4) is 0 Å². The highest BCUT2D eigenvalue weighted by atomic mass is 16.6. The highest BCUT2D eigenvalue weighted by Crippen LogP contribution is 2.18. The van der Waals surface area contributed by atoms with Gasteiger partial charge in [-0.1, -0.05) is 328 Å². The van der Waals surface area contributed by atoms with Gasteiger partial charge in [-0.2, -0.15) is 0 Å². The van der Waals surface area contributed by atoms with Gasteiger partial charge in [0.25, 0.3) is 0 Å². The van der Waals surface area contributed by atoms with Crippen LogP contribution in [0, 0.1) is 0 Å². The van der Waals surface area contributed by atoms with Gasteiger partial charge in [0.15, 0.2) is 6.10 Å². The van der Waals surface area contributed by atoms with Crippen molar-refractivity contribution in [1.29, 1.82) is 0 Å². The first-order chi connectivity index (χ1) is 36.5. The smallest absolute Gasteiger partial charge is 0.306 e. The number of hydrogen-bond acceptors (Lipinski definition) is 6. The van der Waals surface area contributed by atoms with Crippen LogP contribution in [0.4, 0.5) is 0 Å². The fourth-order valence-electron chi connectivity index (χ4n) is 10.2. The van der Waals surface area contributed by atoms with Gasteiger partial charge in [0, 0.05) is 19.3 Å². The van der Waals surface area contributed by atoms with Gasteiger partial charge in [-0.15, -0.1) is 0 Å². The Morgan fingerprint density at radius 3 is 0.743 bits per heavy atom. The van der Waals surface area contributed by atoms with E-state index in [1.165, 1.54) is 270 Å². The summed E-state index contributed by atoms with van der Waals surface area (Å²) in [7, 11) is 0. The molecule has 0 aliphatic carbocycles. The van der Waals surface area contributed by atoms with E-state index in [9.17, 15) is 14.4 Å². The molecule has 0 aliphatic rings. The largest absolute Gasteiger partial charge is 0.462 e. The molecule has 0 aromatic rings. The molecule has 0 aromatic heterocycles. The van der Waals surface area contributed by atoms with Gasteiger partial charge < -0.3 is 14.2 Å². The van der Waals surface area contributed by atoms with E-state index in [2.05, 4.69) is 45.1 Å². The molecular formula is C68H128O6. The van der Waals surface area contributed by atoms with Gasteiger partial charge in [-0.05, 0) is 51.4 Å². The molecule has 1 atom stereocenters. The zero-order chi connectivity index (χ0) is 53.6. The minimum atomic E-state index is -0.765. The van der Waals surface area contributed by atoms with Crippen molar-refractivity contribution in [2.45, 2.75) is 380 Å². The molecule has 0 radical (unpaired) electrons. The summed E-state index contributed by atoms with van der Waals surface area (Å²) in [4.78, 5) is 38.2. The molecule has 0 aliphatic heterocycles. The number of rotatable bonds is 62. The average Bonchev–Trinajstić information content (AvgIpc) is 3.40. The van der Waals surface area contributed by atoms with Crippen molar-refractivity contribution in [1.82, 2.24) is 0 Å². The summed E-state index contributed by atoms with van der Waals surface area (Å²) in [5.41, 5.74) is 0. The van der Waals surface area contributed by atoms with Crippen LogP contribution in [0.1, 0.15) is 374 Å². The third-order valence-corrected chi connectivity index (χ3v) is 15.2. The molecule has 6 nitrogen and oxygen atoms in total. The Kier molecular flexibility index (Phi) is 61.6. The lowest BCUT2D eigenvalue weighted by Gasteiger charge is -2.18. The van der Waals surface area contributed by atoms with Gasteiger partial charge in [0.2, 0.25) is 0 Å². The van der Waals surface area contributed by atoms with E-state index >= 15 is 0 Å². The van der Waals surface area contributed by atoms with Gasteiger partial charge in [-0.3, -0.25) is 14.4 Å². The summed E-state index contributed by atoms with van der Waals surface area (Å²) < 4.78 is 16.9. The molecule has 74 heavy (non-hydrogen) atoms. The van der Waals surface area contributed by atoms with Crippen molar-refractivity contribution in [3.05, 3.63) is 24.3 Å². The van der Waals surface area contributed by atoms with E-state index in [1.807, 2.05) is 0 Å². The van der Waals surface area contributed by atoms with E-state index in [4.69, 9.17) is 14.2 Å². The van der Waals surface area contributed by atoms with E-state index in [0.717, 1.165) is 64.2 Å². The lowest BCUT2D eigenvalue weighted by molar-refractivity contribution is -0.167. The normalized spacial score (nSPS) is 12.1. The summed E-state index contributed by atoms with van der Waals surface area (Å²) in [5.74, 6) is -0.837. The van der Waals surface area contributed by atoms with Crippen LogP contribution < -0.4 is 0 Å². The Morgan fingerprint density at radius 2 is 0.486 bits per heavy atom. The minimum Gasteiger partial charge on any atom is -0.462 e. The van der Waals surface area contributed by atoms with Crippen molar-refractivity contribution in [2.75, 3.05) is 13.2 Å². The highest BCUT2D eigenvalue weighted by Gasteiger charge is 2.19. The van der Waals surface area contributed by atoms with Gasteiger partial charge >= 0.3 is 17.9 Å². The van der Waals surface area contributed by atoms with Crippen molar-refractivity contribution < 1.29 is 28.6 Å². The second kappa shape index (κ2) is 63.4. The monoisotopic (exact) mass is 1040 g/mol. The van der Waals surface area contributed by atoms with Gasteiger partial charge in [-0.25, -0.2) is 0 Å². The summed E-state index contributed by atoms with van der Waals surface area (Å²) >= 11 is 0. The number of carbonyl (C=O) groups is 3. The fourth-order valence-corrected chi connectivity index (χ4v) is 10.2. The molecule has 0 bridgehead atoms. The van der Waals surface area contributed by atoms with E-state index in [-0.39, 0.29) is 31.1 Å². The molecule has 0 heterocycles. The molecule has 0 spiro atoms. The van der Waals surface area contributed by atoms with Crippen LogP contribution >= 0.6 is 0 Å². The van der Waals surface area contributed by atoms with Crippen molar-refractivity contribution in [3.8, 4) is 0 Å². The molecule has 0 N–H and O–H groups in total. The van der Waals surface area contributed by atoms with E-state index in [0.29, 0.717) is 19.3 Å². The third-order valence-electron chi connectivity index (χ3n) is 15.2. The summed E-state index contributed by atoms with van der Waals surface area (Å²) in [5, 5.41) is 0. The number of esters is 3. The zero-order valence-corrected chi connectivity index (χ0v) is 50.1. The quantitative estimate of drug-likeness (QED) is 0.0261. The molecule has 0 fully saturated rings. The van der Waals surface area contributed by atoms with Crippen LogP contribution in [0.15, 0.2) is 24.3 Å². The van der Waals surface area contributed by atoms with Crippen LogP contribution in [-0.2, 0) is 28.6 Å². The Balaban J connectivity index is 4.10. The molecular weight excluding hydrogens is 913 g/mol. The maximum Gasteiger partial charge on any atom is 0.306 e. The predicted octanol–water partition coefficient (Wildman–Crippen LogP) is 22.6. The third kappa shape index (κ3) is 60.8. The summed E-state index contributed by atoms with van der Waals surface area (Å²) in [6.07, 6.45) is 76.3. The maximum atomic E-state index is 12.9. The number of carbonyl (C=O) groups excluding carboxylic acids is 3. The second-order valence-corrected chi connectivity index (χ2v) is 22.7. The SMILES string of the molecule is CCCCCCC/C=C\C/C=C\CCCCCCCCCCCCCCCCCCCC(=O)OCC(COC(=O)CCCCCCCCCCCC)OC(=O)CCCCCCCCCCCCCCCCCCC. The summed E-state index contributed by atoms with van der Waals surface area (Å²) in [6, 6.07) is 0. The van der Waals surface area contributed by atoms with Crippen LogP contribution in [0.5, 0.6) is 0 Å². The van der Waals surface area contributed by atoms with Crippen molar-refractivity contribution in [3.63, 3.8) is 0 Å². The Labute approximate surface area is 462 Å². The van der Waals surface area contributed by atoms with Crippen LogP contribution in [0.2, 0.25) is 0 Å². The molecule has 0 saturated carbocycles. The fraction of sp³-hybridized carbons (Fsp3) is 0.897. The van der Waals surface area contributed by atoms with Crippen LogP contribution in [0.25, 0.3) is 0 Å². The predicted molar refractivity (Wildman–Crippen MR) is 321 cm³/mol. The number of hydrogen-bond donors (Lipinski definition) is 0. The number of ether oxygens (including phenoxy) is 3. The lowest BCUT2D eigenvalue weighted by atomic mass is 10.0. The Morgan fingerprint density at radius 1 is 0.270 bits per heavy atom. The maximum absolute atomic E-state index is 12.9. The minimum absolute atomic E-state index is 0.0640. The number of unbranched alkanes of at least 4 members (excludes halogenated alkanes) is 47. The molecule has 1 unspecified atom stereocenters. The first-order valence-electron chi connectivity index (χ1n) is 33.3. The topological polar surface area (TPSA) is 78.9 Å². The second-order valence-electron chi connectivity index (χ2n) is 22.7. The van der Waals surface area contributed by atoms with Gasteiger partial charge in [0.05, 0.1) is 0 Å². The molecule has 0 saturated heterocycles. The Bertz CT molecular complexity index is 1190. The lowest BCUT2D eigenvalue weighted by Crippen LogP contribution is -2.30. The van der Waals surface area contributed by atoms with E-state index in [1.54, 1.807) is 0 Å². The average molecular weight is 1040 g/mol. The van der Waals surface area contributed by atoms with E-state index < -0.39 is 6.10 Å². The summed E-state index contributed by atoms with van der Waals surface area (Å²) in [6.45, 7) is 6.69. The molecule has 6 heteroatoms. The van der Waals surface area contributed by atoms with Gasteiger partial charge in [0.1, 0.15) is 13.2 Å². The molecule has 0 rings (SSSR count).